The first kappa shape index (κ1) is 17.6. The zero-order chi connectivity index (χ0) is 18.0. The number of halogens is 1. The van der Waals surface area contributed by atoms with Crippen molar-refractivity contribution >= 4 is 5.91 Å². The number of rotatable bonds is 5. The second-order valence-corrected chi connectivity index (χ2v) is 6.64. The van der Waals surface area contributed by atoms with Crippen LogP contribution in [0, 0.1) is 19.7 Å². The minimum Gasteiger partial charge on any atom is -0.376 e. The Kier molecular flexibility index (Phi) is 5.18. The van der Waals surface area contributed by atoms with Gasteiger partial charge in [-0.3, -0.25) is 9.48 Å². The zero-order valence-electron chi connectivity index (χ0n) is 14.8. The van der Waals surface area contributed by atoms with Crippen LogP contribution < -0.4 is 5.32 Å². The number of aryl methyl sites for hydroxylation is 2. The second kappa shape index (κ2) is 7.35. The largest absolute Gasteiger partial charge is 0.376 e. The third-order valence-electron chi connectivity index (χ3n) is 4.65. The first-order valence-electron chi connectivity index (χ1n) is 8.66. The molecule has 6 heteroatoms. The van der Waals surface area contributed by atoms with Gasteiger partial charge in [-0.05, 0) is 57.4 Å². The van der Waals surface area contributed by atoms with Crippen molar-refractivity contribution in [1.82, 2.24) is 15.1 Å². The molecule has 1 fully saturated rings. The number of carbonyl (C=O) groups is 1. The fourth-order valence-electron chi connectivity index (χ4n) is 3.35. The van der Waals surface area contributed by atoms with Crippen LogP contribution in [-0.4, -0.2) is 28.4 Å². The van der Waals surface area contributed by atoms with Crippen LogP contribution in [0.1, 0.15) is 48.8 Å². The van der Waals surface area contributed by atoms with Gasteiger partial charge in [-0.2, -0.15) is 5.10 Å². The summed E-state index contributed by atoms with van der Waals surface area (Å²) >= 11 is 0. The Balaban J connectivity index is 1.80. The monoisotopic (exact) mass is 345 g/mol. The van der Waals surface area contributed by atoms with Crippen molar-refractivity contribution in [2.24, 2.45) is 0 Å². The van der Waals surface area contributed by atoms with Crippen molar-refractivity contribution < 1.29 is 13.9 Å². The summed E-state index contributed by atoms with van der Waals surface area (Å²) in [6.45, 7) is 6.35. The molecule has 1 aliphatic heterocycles. The summed E-state index contributed by atoms with van der Waals surface area (Å²) in [4.78, 5) is 12.8. The molecule has 0 saturated carbocycles. The van der Waals surface area contributed by atoms with Gasteiger partial charge in [0.2, 0.25) is 5.91 Å². The van der Waals surface area contributed by atoms with Crippen LogP contribution in [0.4, 0.5) is 4.39 Å². The maximum Gasteiger partial charge on any atom is 0.245 e. The van der Waals surface area contributed by atoms with Crippen LogP contribution in [0.2, 0.25) is 0 Å². The third-order valence-corrected chi connectivity index (χ3v) is 4.65. The Morgan fingerprint density at radius 3 is 2.64 bits per heavy atom. The number of amides is 1. The van der Waals surface area contributed by atoms with Crippen LogP contribution in [0.15, 0.2) is 30.3 Å². The van der Waals surface area contributed by atoms with E-state index in [1.807, 2.05) is 26.8 Å². The molecule has 1 saturated heterocycles. The summed E-state index contributed by atoms with van der Waals surface area (Å²) in [5.41, 5.74) is 2.67. The molecule has 1 aliphatic rings. The lowest BCUT2D eigenvalue weighted by molar-refractivity contribution is -0.126. The second-order valence-electron chi connectivity index (χ2n) is 6.64. The Morgan fingerprint density at radius 2 is 2.08 bits per heavy atom. The molecule has 1 N–H and O–H groups in total. The van der Waals surface area contributed by atoms with Gasteiger partial charge >= 0.3 is 0 Å². The normalized spacial score (nSPS) is 19.6. The Labute approximate surface area is 147 Å². The van der Waals surface area contributed by atoms with E-state index in [1.165, 1.54) is 12.1 Å². The van der Waals surface area contributed by atoms with E-state index in [1.54, 1.807) is 16.8 Å². The van der Waals surface area contributed by atoms with Gasteiger partial charge in [-0.1, -0.05) is 12.1 Å². The molecule has 0 radical (unpaired) electrons. The van der Waals surface area contributed by atoms with Gasteiger partial charge < -0.3 is 10.1 Å². The van der Waals surface area contributed by atoms with Crippen molar-refractivity contribution in [3.8, 4) is 0 Å². The standard InChI is InChI=1S/C19H24FN3O2/c1-12-11-13(2)23(22-12)14(3)19(24)21-18(17-5-4-10-25-17)15-6-8-16(20)9-7-15/h6-9,11,14,17-18H,4-5,10H2,1-3H3,(H,21,24)/t14-,17+,18+/m1/s1. The van der Waals surface area contributed by atoms with E-state index >= 15 is 0 Å². The number of hydrogen-bond acceptors (Lipinski definition) is 3. The van der Waals surface area contributed by atoms with E-state index < -0.39 is 6.04 Å². The summed E-state index contributed by atoms with van der Waals surface area (Å²) < 4.78 is 20.8. The van der Waals surface area contributed by atoms with Gasteiger partial charge in [0.15, 0.2) is 0 Å². The van der Waals surface area contributed by atoms with Gasteiger partial charge in [0.05, 0.1) is 17.8 Å². The van der Waals surface area contributed by atoms with Crippen LogP contribution in [0.5, 0.6) is 0 Å². The smallest absolute Gasteiger partial charge is 0.245 e. The fraction of sp³-hybridized carbons (Fsp3) is 0.474. The molecular weight excluding hydrogens is 321 g/mol. The minimum atomic E-state index is -0.432. The van der Waals surface area contributed by atoms with Crippen LogP contribution in [0.3, 0.4) is 0 Å². The Bertz CT molecular complexity index is 736. The molecule has 2 heterocycles. The van der Waals surface area contributed by atoms with E-state index in [2.05, 4.69) is 10.4 Å². The topological polar surface area (TPSA) is 56.2 Å². The molecular formula is C19H24FN3O2. The van der Waals surface area contributed by atoms with Gasteiger partial charge in [0, 0.05) is 12.3 Å². The predicted octanol–water partition coefficient (Wildman–Crippen LogP) is 3.24. The summed E-state index contributed by atoms with van der Waals surface area (Å²) in [6, 6.07) is 7.45. The average Bonchev–Trinajstić information content (AvgIpc) is 3.22. The quantitative estimate of drug-likeness (QED) is 0.905. The molecule has 0 spiro atoms. The molecule has 3 rings (SSSR count). The molecule has 1 amide bonds. The highest BCUT2D eigenvalue weighted by molar-refractivity contribution is 5.80. The molecule has 2 aromatic rings. The highest BCUT2D eigenvalue weighted by Crippen LogP contribution is 2.28. The number of aromatic nitrogens is 2. The highest BCUT2D eigenvalue weighted by Gasteiger charge is 2.30. The molecule has 1 aromatic carbocycles. The van der Waals surface area contributed by atoms with Crippen molar-refractivity contribution in [3.05, 3.63) is 53.1 Å². The molecule has 0 unspecified atom stereocenters. The maximum atomic E-state index is 13.3. The van der Waals surface area contributed by atoms with Crippen LogP contribution in [0.25, 0.3) is 0 Å². The van der Waals surface area contributed by atoms with E-state index in [9.17, 15) is 9.18 Å². The van der Waals surface area contributed by atoms with E-state index in [0.717, 1.165) is 29.8 Å². The van der Waals surface area contributed by atoms with Gasteiger partial charge in [-0.15, -0.1) is 0 Å². The van der Waals surface area contributed by atoms with Crippen molar-refractivity contribution in [2.45, 2.75) is 51.8 Å². The Hall–Kier alpha value is -2.21. The first-order chi connectivity index (χ1) is 12.0. The summed E-state index contributed by atoms with van der Waals surface area (Å²) in [6.07, 6.45) is 1.74. The SMILES string of the molecule is Cc1cc(C)n([C@H](C)C(=O)N[C@@H](c2ccc(F)cc2)[C@@H]2CCCO2)n1. The molecule has 1 aromatic heterocycles. The third kappa shape index (κ3) is 3.90. The Morgan fingerprint density at radius 1 is 1.36 bits per heavy atom. The molecule has 5 nitrogen and oxygen atoms in total. The number of ether oxygens (including phenoxy) is 1. The average molecular weight is 345 g/mol. The number of carbonyl (C=O) groups excluding carboxylic acids is 1. The molecule has 25 heavy (non-hydrogen) atoms. The zero-order valence-corrected chi connectivity index (χ0v) is 14.8. The summed E-state index contributed by atoms with van der Waals surface area (Å²) in [7, 11) is 0. The molecule has 134 valence electrons. The van der Waals surface area contributed by atoms with Gasteiger partial charge in [0.1, 0.15) is 11.9 Å². The van der Waals surface area contributed by atoms with Crippen molar-refractivity contribution in [2.75, 3.05) is 6.61 Å². The number of nitrogens with zero attached hydrogens (tertiary/aromatic N) is 2. The van der Waals surface area contributed by atoms with Crippen molar-refractivity contribution in [1.29, 1.82) is 0 Å². The lowest BCUT2D eigenvalue weighted by Crippen LogP contribution is -2.40. The summed E-state index contributed by atoms with van der Waals surface area (Å²) in [5, 5.41) is 7.48. The number of nitrogens with one attached hydrogen (secondary N) is 1. The fourth-order valence-corrected chi connectivity index (χ4v) is 3.35. The van der Waals surface area contributed by atoms with Crippen molar-refractivity contribution in [3.63, 3.8) is 0 Å². The van der Waals surface area contributed by atoms with E-state index in [4.69, 9.17) is 4.74 Å². The molecule has 0 bridgehead atoms. The predicted molar refractivity (Wildman–Crippen MR) is 92.7 cm³/mol. The number of benzene rings is 1. The molecule has 0 aliphatic carbocycles. The summed E-state index contributed by atoms with van der Waals surface area (Å²) in [5.74, 6) is -0.423. The van der Waals surface area contributed by atoms with Crippen LogP contribution >= 0.6 is 0 Å². The lowest BCUT2D eigenvalue weighted by Gasteiger charge is -2.26. The maximum absolute atomic E-state index is 13.3. The van der Waals surface area contributed by atoms with Crippen LogP contribution in [-0.2, 0) is 9.53 Å². The molecule has 3 atom stereocenters. The van der Waals surface area contributed by atoms with Gasteiger partial charge in [0.25, 0.3) is 0 Å². The first-order valence-corrected chi connectivity index (χ1v) is 8.66. The number of hydrogen-bond donors (Lipinski definition) is 1. The highest BCUT2D eigenvalue weighted by atomic mass is 19.1. The minimum absolute atomic E-state index is 0.0953. The van der Waals surface area contributed by atoms with Gasteiger partial charge in [-0.25, -0.2) is 4.39 Å². The lowest BCUT2D eigenvalue weighted by atomic mass is 9.99. The van der Waals surface area contributed by atoms with E-state index in [0.29, 0.717) is 6.61 Å². The van der Waals surface area contributed by atoms with E-state index in [-0.39, 0.29) is 23.9 Å².